The van der Waals surface area contributed by atoms with Crippen LogP contribution in [0.2, 0.25) is 0 Å². The third-order valence-electron chi connectivity index (χ3n) is 4.00. The topological polar surface area (TPSA) is 33.7 Å². The third kappa shape index (κ3) is 3.37. The van der Waals surface area contributed by atoms with E-state index in [2.05, 4.69) is 36.3 Å². The Kier molecular flexibility index (Phi) is 4.78. The Morgan fingerprint density at radius 3 is 2.85 bits per heavy atom. The molecular formula is C15H23ClN2O2. The van der Waals surface area contributed by atoms with Gasteiger partial charge in [-0.25, -0.2) is 0 Å². The van der Waals surface area contributed by atoms with Gasteiger partial charge in [-0.05, 0) is 43.1 Å². The van der Waals surface area contributed by atoms with Gasteiger partial charge in [0, 0.05) is 19.6 Å². The summed E-state index contributed by atoms with van der Waals surface area (Å²) in [5.74, 6) is 1.73. The van der Waals surface area contributed by atoms with Crippen molar-refractivity contribution in [1.82, 2.24) is 10.2 Å². The lowest BCUT2D eigenvalue weighted by Crippen LogP contribution is -2.34. The van der Waals surface area contributed by atoms with Gasteiger partial charge in [0.25, 0.3) is 0 Å². The maximum absolute atomic E-state index is 5.42. The first kappa shape index (κ1) is 15.4. The third-order valence-corrected chi connectivity index (χ3v) is 4.00. The molecule has 4 nitrogen and oxygen atoms in total. The Hall–Kier alpha value is -0.970. The first-order valence-corrected chi connectivity index (χ1v) is 6.92. The van der Waals surface area contributed by atoms with Gasteiger partial charge >= 0.3 is 0 Å². The van der Waals surface area contributed by atoms with Crippen molar-refractivity contribution >= 4 is 12.4 Å². The summed E-state index contributed by atoms with van der Waals surface area (Å²) < 4.78 is 10.8. The van der Waals surface area contributed by atoms with Crippen LogP contribution in [0.1, 0.15) is 18.9 Å². The first-order chi connectivity index (χ1) is 9.15. The summed E-state index contributed by atoms with van der Waals surface area (Å²) >= 11 is 0. The molecule has 2 aliphatic heterocycles. The smallest absolute Gasteiger partial charge is 0.231 e. The number of ether oxygens (including phenoxy) is 2. The highest BCUT2D eigenvalue weighted by molar-refractivity contribution is 5.85. The highest BCUT2D eigenvalue weighted by atomic mass is 35.5. The van der Waals surface area contributed by atoms with Gasteiger partial charge in [0.2, 0.25) is 6.79 Å². The highest BCUT2D eigenvalue weighted by Crippen LogP contribution is 2.33. The predicted octanol–water partition coefficient (Wildman–Crippen LogP) is 2.27. The van der Waals surface area contributed by atoms with Crippen molar-refractivity contribution in [2.45, 2.75) is 19.9 Å². The zero-order valence-corrected chi connectivity index (χ0v) is 13.0. The van der Waals surface area contributed by atoms with Crippen molar-refractivity contribution in [3.05, 3.63) is 23.8 Å². The summed E-state index contributed by atoms with van der Waals surface area (Å²) in [6.07, 6.45) is 1.26. The van der Waals surface area contributed by atoms with Gasteiger partial charge in [-0.15, -0.1) is 12.4 Å². The molecule has 0 radical (unpaired) electrons. The molecule has 0 bridgehead atoms. The predicted molar refractivity (Wildman–Crippen MR) is 81.7 cm³/mol. The van der Waals surface area contributed by atoms with Crippen molar-refractivity contribution in [2.75, 3.05) is 33.5 Å². The maximum Gasteiger partial charge on any atom is 0.231 e. The van der Waals surface area contributed by atoms with Gasteiger partial charge in [0.1, 0.15) is 0 Å². The Morgan fingerprint density at radius 2 is 2.10 bits per heavy atom. The van der Waals surface area contributed by atoms with Gasteiger partial charge < -0.3 is 19.7 Å². The molecule has 0 amide bonds. The van der Waals surface area contributed by atoms with Crippen LogP contribution in [0.5, 0.6) is 11.5 Å². The summed E-state index contributed by atoms with van der Waals surface area (Å²) in [5, 5.41) is 3.45. The summed E-state index contributed by atoms with van der Waals surface area (Å²) in [7, 11) is 2.19. The second-order valence-electron chi connectivity index (χ2n) is 6.10. The molecule has 1 atom stereocenters. The minimum atomic E-state index is 0. The molecule has 1 unspecified atom stereocenters. The lowest BCUT2D eigenvalue weighted by molar-refractivity contribution is 0.174. The number of rotatable bonds is 4. The molecule has 0 aromatic heterocycles. The Labute approximate surface area is 126 Å². The quantitative estimate of drug-likeness (QED) is 0.924. The first-order valence-electron chi connectivity index (χ1n) is 6.92. The van der Waals surface area contributed by atoms with Crippen LogP contribution in [-0.2, 0) is 6.54 Å². The van der Waals surface area contributed by atoms with Crippen LogP contribution >= 0.6 is 12.4 Å². The molecule has 0 saturated carbocycles. The second-order valence-corrected chi connectivity index (χ2v) is 6.10. The molecule has 1 fully saturated rings. The molecule has 1 N–H and O–H groups in total. The van der Waals surface area contributed by atoms with Crippen LogP contribution in [0, 0.1) is 5.41 Å². The van der Waals surface area contributed by atoms with Gasteiger partial charge in [-0.2, -0.15) is 0 Å². The van der Waals surface area contributed by atoms with Crippen LogP contribution < -0.4 is 14.8 Å². The zero-order valence-electron chi connectivity index (χ0n) is 12.1. The fourth-order valence-electron chi connectivity index (χ4n) is 3.06. The van der Waals surface area contributed by atoms with E-state index in [1.54, 1.807) is 0 Å². The number of nitrogens with one attached hydrogen (secondary N) is 1. The molecule has 20 heavy (non-hydrogen) atoms. The van der Waals surface area contributed by atoms with E-state index in [0.29, 0.717) is 12.2 Å². The fourth-order valence-corrected chi connectivity index (χ4v) is 3.06. The van der Waals surface area contributed by atoms with E-state index in [1.165, 1.54) is 12.0 Å². The summed E-state index contributed by atoms with van der Waals surface area (Å²) in [6.45, 7) is 7.05. The van der Waals surface area contributed by atoms with Crippen LogP contribution in [0.15, 0.2) is 18.2 Å². The average Bonchev–Trinajstić information content (AvgIpc) is 2.97. The van der Waals surface area contributed by atoms with E-state index in [-0.39, 0.29) is 12.4 Å². The van der Waals surface area contributed by atoms with Gasteiger partial charge in [0.05, 0.1) is 0 Å². The van der Waals surface area contributed by atoms with Crippen molar-refractivity contribution in [3.8, 4) is 11.5 Å². The van der Waals surface area contributed by atoms with E-state index in [4.69, 9.17) is 9.47 Å². The highest BCUT2D eigenvalue weighted by Gasteiger charge is 2.29. The summed E-state index contributed by atoms with van der Waals surface area (Å²) in [4.78, 5) is 2.39. The standard InChI is InChI=1S/C15H22N2O2.ClH/c1-15(5-6-16-9-15)10-17(2)8-12-3-4-13-14(7-12)19-11-18-13;/h3-4,7,16H,5-6,8-11H2,1-2H3;1H. The number of nitrogens with zero attached hydrogens (tertiary/aromatic N) is 1. The van der Waals surface area contributed by atoms with Crippen LogP contribution in [0.4, 0.5) is 0 Å². The van der Waals surface area contributed by atoms with Crippen LogP contribution in [-0.4, -0.2) is 38.4 Å². The molecule has 3 rings (SSSR count). The van der Waals surface area contributed by atoms with Crippen molar-refractivity contribution < 1.29 is 9.47 Å². The fraction of sp³-hybridized carbons (Fsp3) is 0.600. The molecule has 2 heterocycles. The number of halogens is 1. The molecule has 112 valence electrons. The van der Waals surface area contributed by atoms with E-state index in [9.17, 15) is 0 Å². The Morgan fingerprint density at radius 1 is 1.30 bits per heavy atom. The number of hydrogen-bond donors (Lipinski definition) is 1. The van der Waals surface area contributed by atoms with Gasteiger partial charge in [-0.1, -0.05) is 13.0 Å². The Bertz CT molecular complexity index is 461. The maximum atomic E-state index is 5.42. The normalized spacial score (nSPS) is 23.9. The minimum absolute atomic E-state index is 0. The number of benzene rings is 1. The molecule has 1 saturated heterocycles. The lowest BCUT2D eigenvalue weighted by Gasteiger charge is -2.29. The molecule has 0 aliphatic carbocycles. The number of hydrogen-bond acceptors (Lipinski definition) is 4. The van der Waals surface area contributed by atoms with E-state index in [1.807, 2.05) is 6.07 Å². The molecule has 1 aromatic carbocycles. The van der Waals surface area contributed by atoms with E-state index >= 15 is 0 Å². The van der Waals surface area contributed by atoms with Gasteiger partial charge in [-0.3, -0.25) is 0 Å². The van der Waals surface area contributed by atoms with Crippen LogP contribution in [0.25, 0.3) is 0 Å². The SMILES string of the molecule is CN(Cc1ccc2c(c1)OCO2)CC1(C)CCNC1.Cl. The molecule has 2 aliphatic rings. The van der Waals surface area contributed by atoms with Crippen molar-refractivity contribution in [1.29, 1.82) is 0 Å². The molecule has 0 spiro atoms. The lowest BCUT2D eigenvalue weighted by atomic mass is 9.89. The largest absolute Gasteiger partial charge is 0.454 e. The van der Waals surface area contributed by atoms with Crippen molar-refractivity contribution in [3.63, 3.8) is 0 Å². The minimum Gasteiger partial charge on any atom is -0.454 e. The van der Waals surface area contributed by atoms with Gasteiger partial charge in [0.15, 0.2) is 11.5 Å². The second kappa shape index (κ2) is 6.20. The van der Waals surface area contributed by atoms with Crippen molar-refractivity contribution in [2.24, 2.45) is 5.41 Å². The Balaban J connectivity index is 0.00000147. The average molecular weight is 299 g/mol. The molecule has 1 aromatic rings. The number of fused-ring (bicyclic) bond motifs is 1. The van der Waals surface area contributed by atoms with Crippen LogP contribution in [0.3, 0.4) is 0 Å². The van der Waals surface area contributed by atoms with E-state index in [0.717, 1.165) is 37.7 Å². The summed E-state index contributed by atoms with van der Waals surface area (Å²) in [5.41, 5.74) is 1.69. The van der Waals surface area contributed by atoms with E-state index < -0.39 is 0 Å². The zero-order chi connectivity index (χ0) is 13.3. The monoisotopic (exact) mass is 298 g/mol. The molecule has 5 heteroatoms. The summed E-state index contributed by atoms with van der Waals surface area (Å²) in [6, 6.07) is 6.22. The molecular weight excluding hydrogens is 276 g/mol.